The summed E-state index contributed by atoms with van der Waals surface area (Å²) in [6.07, 6.45) is 4.76. The van der Waals surface area contributed by atoms with Crippen LogP contribution in [0.4, 0.5) is 0 Å². The van der Waals surface area contributed by atoms with Crippen LogP contribution < -0.4 is 0 Å². The van der Waals surface area contributed by atoms with E-state index in [1.165, 1.54) is 11.1 Å². The number of rotatable bonds is 2. The number of hydrogen-bond donors (Lipinski definition) is 0. The van der Waals surface area contributed by atoms with Crippen LogP contribution in [-0.2, 0) is 5.37 Å². The summed E-state index contributed by atoms with van der Waals surface area (Å²) in [5.41, 5.74) is 3.01. The van der Waals surface area contributed by atoms with Gasteiger partial charge in [0.25, 0.3) is 0 Å². The van der Waals surface area contributed by atoms with Crippen molar-refractivity contribution in [2.75, 3.05) is 0 Å². The van der Waals surface area contributed by atoms with Crippen LogP contribution in [0, 0.1) is 10.8 Å². The van der Waals surface area contributed by atoms with Crippen LogP contribution in [0.2, 0.25) is 0 Å². The molecular weight excluding hydrogens is 609 g/mol. The third-order valence-corrected chi connectivity index (χ3v) is 5.64. The summed E-state index contributed by atoms with van der Waals surface area (Å²) in [5.74, 6) is 0. The Bertz CT molecular complexity index is 323. The summed E-state index contributed by atoms with van der Waals surface area (Å²) in [6, 6.07) is 0. The van der Waals surface area contributed by atoms with Crippen LogP contribution in [0.5, 0.6) is 0 Å². The quantitative estimate of drug-likeness (QED) is 0.437. The van der Waals surface area contributed by atoms with Crippen molar-refractivity contribution >= 4 is 52.4 Å². The van der Waals surface area contributed by atoms with Gasteiger partial charge in [-0.1, -0.05) is 0 Å². The number of allylic oxidation sites excluding steroid dienone is 2. The molecule has 2 atom stereocenters. The maximum absolute atomic E-state index is 5.92. The predicted molar refractivity (Wildman–Crippen MR) is 76.3 cm³/mol. The van der Waals surface area contributed by atoms with Crippen LogP contribution in [0.1, 0.15) is 41.5 Å². The molecule has 0 amide bonds. The van der Waals surface area contributed by atoms with E-state index in [1.807, 2.05) is 0 Å². The van der Waals surface area contributed by atoms with E-state index in [1.54, 1.807) is 0 Å². The first-order chi connectivity index (χ1) is 8.12. The van der Waals surface area contributed by atoms with E-state index in [-0.39, 0.29) is 23.0 Å². The van der Waals surface area contributed by atoms with Gasteiger partial charge in [-0.2, -0.15) is 0 Å². The second-order valence-electron chi connectivity index (χ2n) is 6.86. The first kappa shape index (κ1) is 17.3. The molecule has 1 aliphatic carbocycles. The fraction of sp³-hybridized carbons (Fsp3) is 0.714. The molecule has 18 heavy (non-hydrogen) atoms. The van der Waals surface area contributed by atoms with Gasteiger partial charge >= 0.3 is 146 Å². The molecule has 0 aliphatic heterocycles. The van der Waals surface area contributed by atoms with Crippen LogP contribution in [0.15, 0.2) is 23.3 Å². The molecule has 2 nitrogen and oxygen atoms in total. The summed E-state index contributed by atoms with van der Waals surface area (Å²) in [6.45, 7) is 13.5. The van der Waals surface area contributed by atoms with E-state index in [2.05, 4.69) is 53.7 Å². The predicted octanol–water partition coefficient (Wildman–Crippen LogP) is 2.88. The van der Waals surface area contributed by atoms with Gasteiger partial charge in [0.2, 0.25) is 0 Å². The van der Waals surface area contributed by atoms with Gasteiger partial charge < -0.3 is 0 Å². The first-order valence-corrected chi connectivity index (χ1v) is 9.93. The molecule has 0 spiro atoms. The van der Waals surface area contributed by atoms with E-state index in [4.69, 9.17) is 5.37 Å². The fourth-order valence-electron chi connectivity index (χ4n) is 2.34. The Hall–Kier alpha value is 1.24. The summed E-state index contributed by atoms with van der Waals surface area (Å²) in [7, 11) is 0. The fourth-order valence-corrected chi connectivity index (χ4v) is 4.59. The zero-order chi connectivity index (χ0) is 14.1. The summed E-state index contributed by atoms with van der Waals surface area (Å²) >= 11 is 1.07. The molecule has 0 radical (unpaired) electrons. The molecule has 1 aliphatic rings. The van der Waals surface area contributed by atoms with Crippen molar-refractivity contribution < 1.29 is 5.37 Å². The summed E-state index contributed by atoms with van der Waals surface area (Å²) in [4.78, 5) is 0. The Morgan fingerprint density at radius 3 is 1.22 bits per heavy atom. The molecule has 0 saturated carbocycles. The summed E-state index contributed by atoms with van der Waals surface area (Å²) in [5, 5.41) is 0. The van der Waals surface area contributed by atoms with Gasteiger partial charge in [-0.3, -0.25) is 0 Å². The van der Waals surface area contributed by atoms with Crippen molar-refractivity contribution in [3.8, 4) is 0 Å². The van der Waals surface area contributed by atoms with Crippen molar-refractivity contribution in [3.05, 3.63) is 23.3 Å². The van der Waals surface area contributed by atoms with Gasteiger partial charge in [-0.25, -0.2) is 0 Å². The maximum atomic E-state index is 5.92. The van der Waals surface area contributed by atoms with Crippen molar-refractivity contribution in [1.29, 1.82) is 0 Å². The topological polar surface area (TPSA) is 18.5 Å². The molecule has 2 unspecified atom stereocenters. The van der Waals surface area contributed by atoms with Crippen molar-refractivity contribution in [2.24, 2.45) is 10.8 Å². The molecule has 0 aromatic heterocycles. The third-order valence-electron chi connectivity index (χ3n) is 3.36. The van der Waals surface area contributed by atoms with E-state index >= 15 is 0 Å². The molecule has 0 bridgehead atoms. The molecule has 0 fully saturated rings. The van der Waals surface area contributed by atoms with E-state index in [9.17, 15) is 0 Å². The zero-order valence-corrected chi connectivity index (χ0v) is 21.3. The molecule has 0 N–H and O–H groups in total. The molecule has 4 heteroatoms. The Balaban J connectivity index is 3.26. The van der Waals surface area contributed by atoms with Crippen LogP contribution >= 0.6 is 0 Å². The average molecular weight is 631 g/mol. The minimum atomic E-state index is 0.124. The average Bonchev–Trinajstić information content (AvgIpc) is 2.24. The second kappa shape index (κ2) is 6.34. The second-order valence-corrected chi connectivity index (χ2v) is 8.97. The molecule has 0 saturated heterocycles. The molecule has 0 aromatic carbocycles. The third kappa shape index (κ3) is 3.88. The van der Waals surface area contributed by atoms with E-state index in [0.717, 1.165) is 0 Å². The summed E-state index contributed by atoms with van der Waals surface area (Å²) < 4.78 is 11.8. The Morgan fingerprint density at radius 2 is 1.06 bits per heavy atom. The van der Waals surface area contributed by atoms with Crippen molar-refractivity contribution in [2.45, 2.75) is 53.8 Å². The molecule has 0 heterocycles. The van der Waals surface area contributed by atoms with Gasteiger partial charge in [0, 0.05) is 0 Å². The molecule has 96 valence electrons. The van der Waals surface area contributed by atoms with Gasteiger partial charge in [-0.15, -0.1) is 0 Å². The van der Waals surface area contributed by atoms with Crippen LogP contribution in [0.3, 0.4) is 0 Å². The van der Waals surface area contributed by atoms with Gasteiger partial charge in [0.1, 0.15) is 0 Å². The molecule has 0 aromatic rings. The van der Waals surface area contributed by atoms with Crippen LogP contribution in [0.25, 0.3) is 0 Å². The van der Waals surface area contributed by atoms with Gasteiger partial charge in [-0.05, 0) is 0 Å². The van der Waals surface area contributed by atoms with Crippen molar-refractivity contribution in [3.63, 3.8) is 0 Å². The molecule has 1 rings (SSSR count). The van der Waals surface area contributed by atoms with Crippen LogP contribution in [-0.4, -0.2) is 64.6 Å². The standard InChI is InChI=1S/C14H22O2.2Tl/c1-13(2,3)9-7-8-10(14(4,5)6)12(16)11(9)15;;/h7-8,11-12H,1-6H3;;/q-2;2*+1. The minimum absolute atomic E-state index is 0.124. The van der Waals surface area contributed by atoms with E-state index < -0.39 is 0 Å². The number of hydrogen-bond acceptors (Lipinski definition) is 2. The Kier molecular flexibility index (Phi) is 6.10. The molecular formula is C14H22O2Tl2. The normalized spacial score (nSPS) is 25.6. The van der Waals surface area contributed by atoms with Crippen molar-refractivity contribution in [1.82, 2.24) is 0 Å². The van der Waals surface area contributed by atoms with Gasteiger partial charge in [0.15, 0.2) is 0 Å². The first-order valence-electron chi connectivity index (χ1n) is 6.26. The Labute approximate surface area is 144 Å². The monoisotopic (exact) mass is 632 g/mol. The zero-order valence-electron chi connectivity index (χ0n) is 12.3. The Morgan fingerprint density at radius 1 is 0.778 bits per heavy atom. The van der Waals surface area contributed by atoms with E-state index in [0.29, 0.717) is 52.4 Å². The van der Waals surface area contributed by atoms with Gasteiger partial charge in [0.05, 0.1) is 0 Å². The SMILES string of the molecule is CC(C)(C)C1=CC=C(C(C)(C)C)C([O][Tl])C1[O][Tl].